The molecule has 0 aliphatic heterocycles. The highest BCUT2D eigenvalue weighted by Gasteiger charge is 1.89. The maximum atomic E-state index is 8.91. The van der Waals surface area contributed by atoms with E-state index < -0.39 is 0 Å². The molecular formula is C15H22O. The maximum Gasteiger partial charge on any atom is 0.0681 e. The van der Waals surface area contributed by atoms with Crippen LogP contribution < -0.4 is 0 Å². The highest BCUT2D eigenvalue weighted by molar-refractivity contribution is 5.49. The Morgan fingerprint density at radius 1 is 1.06 bits per heavy atom. The van der Waals surface area contributed by atoms with Gasteiger partial charge in [-0.1, -0.05) is 62.6 Å². The van der Waals surface area contributed by atoms with Crippen LogP contribution in [-0.4, -0.2) is 5.11 Å². The molecule has 0 aliphatic rings. The van der Waals surface area contributed by atoms with Crippen LogP contribution in [-0.2, 0) is 6.61 Å². The lowest BCUT2D eigenvalue weighted by atomic mass is 10.1. The van der Waals surface area contributed by atoms with Crippen molar-refractivity contribution in [2.75, 3.05) is 0 Å². The predicted molar refractivity (Wildman–Crippen MR) is 70.2 cm³/mol. The molecule has 0 fully saturated rings. The standard InChI is InChI=1S/C15H22O/c1-2-3-4-5-6-7-8-14-9-11-15(13-16)12-10-14/h7-12,16H,2-6,13H2,1H3/b8-7-. The highest BCUT2D eigenvalue weighted by Crippen LogP contribution is 2.08. The van der Waals surface area contributed by atoms with E-state index >= 15 is 0 Å². The van der Waals surface area contributed by atoms with E-state index in [2.05, 4.69) is 19.1 Å². The van der Waals surface area contributed by atoms with Gasteiger partial charge in [0.2, 0.25) is 0 Å². The average molecular weight is 218 g/mol. The Hall–Kier alpha value is -1.08. The fourth-order valence-electron chi connectivity index (χ4n) is 1.64. The van der Waals surface area contributed by atoms with Gasteiger partial charge in [0, 0.05) is 0 Å². The number of unbranched alkanes of at least 4 members (excludes halogenated alkanes) is 4. The largest absolute Gasteiger partial charge is 0.392 e. The Balaban J connectivity index is 2.27. The van der Waals surface area contributed by atoms with Crippen LogP contribution in [0.15, 0.2) is 30.3 Å². The highest BCUT2D eigenvalue weighted by atomic mass is 16.3. The smallest absolute Gasteiger partial charge is 0.0681 e. The van der Waals surface area contributed by atoms with Crippen molar-refractivity contribution in [2.45, 2.75) is 45.6 Å². The topological polar surface area (TPSA) is 20.2 Å². The zero-order valence-electron chi connectivity index (χ0n) is 10.2. The minimum atomic E-state index is 0.126. The number of aliphatic hydroxyl groups is 1. The van der Waals surface area contributed by atoms with E-state index in [0.717, 1.165) is 5.56 Å². The SMILES string of the molecule is CCCCCC/C=C\c1ccc(CO)cc1. The van der Waals surface area contributed by atoms with Gasteiger partial charge >= 0.3 is 0 Å². The minimum absolute atomic E-state index is 0.126. The molecule has 1 rings (SSSR count). The number of hydrogen-bond donors (Lipinski definition) is 1. The molecule has 0 atom stereocenters. The molecule has 0 amide bonds. The predicted octanol–water partition coefficient (Wildman–Crippen LogP) is 4.16. The van der Waals surface area contributed by atoms with Crippen LogP contribution in [0.25, 0.3) is 6.08 Å². The first-order valence-corrected chi connectivity index (χ1v) is 6.23. The number of rotatable bonds is 7. The molecule has 1 nitrogen and oxygen atoms in total. The van der Waals surface area contributed by atoms with Gasteiger partial charge in [-0.15, -0.1) is 0 Å². The first-order valence-electron chi connectivity index (χ1n) is 6.23. The monoisotopic (exact) mass is 218 g/mol. The normalized spacial score (nSPS) is 11.1. The molecule has 0 aromatic heterocycles. The van der Waals surface area contributed by atoms with Crippen molar-refractivity contribution in [1.29, 1.82) is 0 Å². The van der Waals surface area contributed by atoms with Crippen molar-refractivity contribution in [3.05, 3.63) is 41.5 Å². The fraction of sp³-hybridized carbons (Fsp3) is 0.467. The first kappa shape index (κ1) is 13.0. The fourth-order valence-corrected chi connectivity index (χ4v) is 1.64. The van der Waals surface area contributed by atoms with Crippen LogP contribution >= 0.6 is 0 Å². The Kier molecular flexibility index (Phi) is 6.59. The summed E-state index contributed by atoms with van der Waals surface area (Å²) in [5.74, 6) is 0. The maximum absolute atomic E-state index is 8.91. The number of allylic oxidation sites excluding steroid dienone is 1. The zero-order chi connectivity index (χ0) is 11.6. The van der Waals surface area contributed by atoms with E-state index in [1.54, 1.807) is 0 Å². The third kappa shape index (κ3) is 5.13. The Bertz CT molecular complexity index is 298. The summed E-state index contributed by atoms with van der Waals surface area (Å²) in [6.07, 6.45) is 10.8. The minimum Gasteiger partial charge on any atom is -0.392 e. The summed E-state index contributed by atoms with van der Waals surface area (Å²) in [5, 5.41) is 8.91. The van der Waals surface area contributed by atoms with Crippen LogP contribution in [0.3, 0.4) is 0 Å². The summed E-state index contributed by atoms with van der Waals surface area (Å²) in [4.78, 5) is 0. The second-order valence-electron chi connectivity index (χ2n) is 4.15. The van der Waals surface area contributed by atoms with Gasteiger partial charge in [0.25, 0.3) is 0 Å². The number of benzene rings is 1. The van der Waals surface area contributed by atoms with E-state index in [1.165, 1.54) is 37.7 Å². The lowest BCUT2D eigenvalue weighted by molar-refractivity contribution is 0.282. The van der Waals surface area contributed by atoms with E-state index in [4.69, 9.17) is 5.11 Å². The summed E-state index contributed by atoms with van der Waals surface area (Å²) in [7, 11) is 0. The molecule has 0 radical (unpaired) electrons. The van der Waals surface area contributed by atoms with Crippen LogP contribution in [0.5, 0.6) is 0 Å². The molecule has 0 spiro atoms. The molecule has 1 N–H and O–H groups in total. The Morgan fingerprint density at radius 2 is 1.81 bits per heavy atom. The Labute approximate surface area is 98.8 Å². The van der Waals surface area contributed by atoms with E-state index in [9.17, 15) is 0 Å². The molecular weight excluding hydrogens is 196 g/mol. The van der Waals surface area contributed by atoms with Crippen molar-refractivity contribution in [3.8, 4) is 0 Å². The van der Waals surface area contributed by atoms with E-state index in [-0.39, 0.29) is 6.61 Å². The van der Waals surface area contributed by atoms with Crippen molar-refractivity contribution in [2.24, 2.45) is 0 Å². The molecule has 0 bridgehead atoms. The third-order valence-corrected chi connectivity index (χ3v) is 2.70. The molecule has 88 valence electrons. The summed E-state index contributed by atoms with van der Waals surface area (Å²) in [6, 6.07) is 8.04. The summed E-state index contributed by atoms with van der Waals surface area (Å²) in [6.45, 7) is 2.36. The molecule has 0 saturated carbocycles. The lowest BCUT2D eigenvalue weighted by Gasteiger charge is -1.97. The van der Waals surface area contributed by atoms with E-state index in [1.807, 2.05) is 24.3 Å². The quantitative estimate of drug-likeness (QED) is 0.681. The molecule has 0 heterocycles. The molecule has 1 aromatic rings. The van der Waals surface area contributed by atoms with Crippen molar-refractivity contribution in [3.63, 3.8) is 0 Å². The van der Waals surface area contributed by atoms with Crippen molar-refractivity contribution < 1.29 is 5.11 Å². The first-order chi connectivity index (χ1) is 7.86. The van der Waals surface area contributed by atoms with Crippen molar-refractivity contribution >= 4 is 6.08 Å². The number of hydrogen-bond acceptors (Lipinski definition) is 1. The molecule has 1 aromatic carbocycles. The lowest BCUT2D eigenvalue weighted by Crippen LogP contribution is -1.81. The van der Waals surface area contributed by atoms with Crippen molar-refractivity contribution in [1.82, 2.24) is 0 Å². The molecule has 0 unspecified atom stereocenters. The summed E-state index contributed by atoms with van der Waals surface area (Å²) < 4.78 is 0. The van der Waals surface area contributed by atoms with Gasteiger partial charge in [-0.3, -0.25) is 0 Å². The van der Waals surface area contributed by atoms with E-state index in [0.29, 0.717) is 0 Å². The molecule has 0 saturated heterocycles. The van der Waals surface area contributed by atoms with Gasteiger partial charge in [0.05, 0.1) is 6.61 Å². The van der Waals surface area contributed by atoms with Gasteiger partial charge < -0.3 is 5.11 Å². The third-order valence-electron chi connectivity index (χ3n) is 2.70. The Morgan fingerprint density at radius 3 is 2.44 bits per heavy atom. The van der Waals surface area contributed by atoms with Crippen LogP contribution in [0.4, 0.5) is 0 Å². The van der Waals surface area contributed by atoms with Gasteiger partial charge in [-0.2, -0.15) is 0 Å². The molecule has 16 heavy (non-hydrogen) atoms. The van der Waals surface area contributed by atoms with Gasteiger partial charge in [0.1, 0.15) is 0 Å². The second-order valence-corrected chi connectivity index (χ2v) is 4.15. The van der Waals surface area contributed by atoms with Crippen LogP contribution in [0.2, 0.25) is 0 Å². The van der Waals surface area contributed by atoms with Crippen LogP contribution in [0.1, 0.15) is 50.2 Å². The summed E-state index contributed by atoms with van der Waals surface area (Å²) >= 11 is 0. The molecule has 0 aliphatic carbocycles. The zero-order valence-corrected chi connectivity index (χ0v) is 10.2. The average Bonchev–Trinajstić information content (AvgIpc) is 2.34. The number of aliphatic hydroxyl groups excluding tert-OH is 1. The van der Waals surface area contributed by atoms with Gasteiger partial charge in [0.15, 0.2) is 0 Å². The second kappa shape index (κ2) is 8.12. The van der Waals surface area contributed by atoms with Gasteiger partial charge in [-0.25, -0.2) is 0 Å². The van der Waals surface area contributed by atoms with Gasteiger partial charge in [-0.05, 0) is 24.0 Å². The summed E-state index contributed by atoms with van der Waals surface area (Å²) in [5.41, 5.74) is 2.19. The van der Waals surface area contributed by atoms with Crippen LogP contribution in [0, 0.1) is 0 Å². The molecule has 1 heteroatoms.